The number of carbonyl (C=O) groups is 4. The molecule has 2 amide bonds. The van der Waals surface area contributed by atoms with Crippen molar-refractivity contribution in [1.29, 1.82) is 0 Å². The van der Waals surface area contributed by atoms with E-state index in [2.05, 4.69) is 11.4 Å². The van der Waals surface area contributed by atoms with Crippen LogP contribution in [0.3, 0.4) is 0 Å². The monoisotopic (exact) mass is 476 g/mol. The van der Waals surface area contributed by atoms with Gasteiger partial charge in [0.25, 0.3) is 0 Å². The van der Waals surface area contributed by atoms with Gasteiger partial charge in [0.1, 0.15) is 17.2 Å². The average Bonchev–Trinajstić information content (AvgIpc) is 3.21. The second-order valence-electron chi connectivity index (χ2n) is 10.7. The Hall–Kier alpha value is -2.38. The zero-order chi connectivity index (χ0) is 24.9. The van der Waals surface area contributed by atoms with Gasteiger partial charge in [-0.05, 0) is 66.2 Å². The van der Waals surface area contributed by atoms with Crippen LogP contribution in [0.1, 0.15) is 85.5 Å². The second-order valence-corrected chi connectivity index (χ2v) is 10.7. The minimum atomic E-state index is -1.04. The molecule has 34 heavy (non-hydrogen) atoms. The quantitative estimate of drug-likeness (QED) is 0.494. The fourth-order valence-corrected chi connectivity index (χ4v) is 5.04. The molecule has 0 aromatic carbocycles. The Balaban J connectivity index is 1.81. The third kappa shape index (κ3) is 6.39. The molecule has 1 N–H and O–H groups in total. The molecule has 0 aromatic heterocycles. The van der Waals surface area contributed by atoms with Crippen molar-refractivity contribution in [2.24, 2.45) is 11.8 Å². The number of nitrogens with zero attached hydrogens (tertiary/aromatic N) is 1. The Morgan fingerprint density at radius 3 is 2.62 bits per heavy atom. The third-order valence-corrected chi connectivity index (χ3v) is 6.81. The summed E-state index contributed by atoms with van der Waals surface area (Å²) in [6.45, 7) is 7.88. The molecule has 4 atom stereocenters. The molecule has 0 spiro atoms. The van der Waals surface area contributed by atoms with Crippen molar-refractivity contribution in [2.75, 3.05) is 13.2 Å². The van der Waals surface area contributed by atoms with E-state index < -0.39 is 35.0 Å². The Morgan fingerprint density at radius 2 is 1.91 bits per heavy atom. The van der Waals surface area contributed by atoms with E-state index in [0.717, 1.165) is 25.7 Å². The number of nitrogens with one attached hydrogen (secondary N) is 1. The summed E-state index contributed by atoms with van der Waals surface area (Å²) in [6.07, 6.45) is 10.0. The van der Waals surface area contributed by atoms with E-state index in [0.29, 0.717) is 32.2 Å². The topological polar surface area (TPSA) is 102 Å². The Morgan fingerprint density at radius 1 is 1.15 bits per heavy atom. The van der Waals surface area contributed by atoms with Crippen LogP contribution in [0.4, 0.5) is 0 Å². The molecule has 0 aromatic rings. The smallest absolute Gasteiger partial charge is 0.332 e. The van der Waals surface area contributed by atoms with E-state index in [1.807, 2.05) is 26.8 Å². The number of amides is 2. The van der Waals surface area contributed by atoms with Crippen LogP contribution in [0.25, 0.3) is 0 Å². The Bertz CT molecular complexity index is 817. The van der Waals surface area contributed by atoms with Crippen molar-refractivity contribution in [3.63, 3.8) is 0 Å². The lowest BCUT2D eigenvalue weighted by Gasteiger charge is -2.30. The summed E-state index contributed by atoms with van der Waals surface area (Å²) in [5, 5.41) is 2.95. The maximum atomic E-state index is 13.6. The zero-order valence-electron chi connectivity index (χ0n) is 21.1. The average molecular weight is 477 g/mol. The van der Waals surface area contributed by atoms with Crippen molar-refractivity contribution in [3.05, 3.63) is 12.2 Å². The number of fused-ring (bicyclic) bond motifs is 2. The summed E-state index contributed by atoms with van der Waals surface area (Å²) < 4.78 is 10.8. The third-order valence-electron chi connectivity index (χ3n) is 6.81. The van der Waals surface area contributed by atoms with Gasteiger partial charge in [0, 0.05) is 18.4 Å². The minimum Gasteiger partial charge on any atom is -0.464 e. The van der Waals surface area contributed by atoms with E-state index in [1.165, 1.54) is 0 Å². The predicted molar refractivity (Wildman–Crippen MR) is 127 cm³/mol. The highest BCUT2D eigenvalue weighted by Crippen LogP contribution is 2.46. The number of carbonyl (C=O) groups excluding carboxylic acids is 4. The van der Waals surface area contributed by atoms with Gasteiger partial charge in [0.2, 0.25) is 11.8 Å². The first-order chi connectivity index (χ1) is 16.1. The van der Waals surface area contributed by atoms with Crippen molar-refractivity contribution >= 4 is 23.8 Å². The molecule has 0 unspecified atom stereocenters. The van der Waals surface area contributed by atoms with Gasteiger partial charge >= 0.3 is 11.9 Å². The minimum absolute atomic E-state index is 0.00961. The molecule has 0 radical (unpaired) electrons. The first kappa shape index (κ1) is 26.2. The first-order valence-corrected chi connectivity index (χ1v) is 12.8. The molecular formula is C26H40N2O6. The molecule has 2 heterocycles. The molecular weight excluding hydrogens is 436 g/mol. The van der Waals surface area contributed by atoms with E-state index >= 15 is 0 Å². The summed E-state index contributed by atoms with van der Waals surface area (Å²) in [7, 11) is 0. The van der Waals surface area contributed by atoms with E-state index in [4.69, 9.17) is 9.47 Å². The van der Waals surface area contributed by atoms with Crippen LogP contribution in [0, 0.1) is 11.8 Å². The maximum Gasteiger partial charge on any atom is 0.332 e. The van der Waals surface area contributed by atoms with Crippen LogP contribution in [-0.4, -0.2) is 59.0 Å². The van der Waals surface area contributed by atoms with Crippen molar-refractivity contribution < 1.29 is 28.7 Å². The summed E-state index contributed by atoms with van der Waals surface area (Å²) in [5.41, 5.74) is -1.67. The number of ether oxygens (including phenoxy) is 2. The maximum absolute atomic E-state index is 13.6. The van der Waals surface area contributed by atoms with Gasteiger partial charge in [0.05, 0.1) is 13.0 Å². The number of rotatable bonds is 4. The molecule has 8 nitrogen and oxygen atoms in total. The molecule has 2 aliphatic heterocycles. The van der Waals surface area contributed by atoms with Gasteiger partial charge in [0.15, 0.2) is 0 Å². The van der Waals surface area contributed by atoms with Crippen LogP contribution < -0.4 is 5.32 Å². The second kappa shape index (κ2) is 10.9. The van der Waals surface area contributed by atoms with Crippen molar-refractivity contribution in [1.82, 2.24) is 10.2 Å². The van der Waals surface area contributed by atoms with E-state index in [-0.39, 0.29) is 30.8 Å². The lowest BCUT2D eigenvalue weighted by molar-refractivity contribution is -0.159. The summed E-state index contributed by atoms with van der Waals surface area (Å²) in [4.78, 5) is 53.8. The standard InChI is InChI=1S/C26H40N2O6/c1-5-33-24(32)26-17-19(26)13-10-8-6-7-9-12-18(16-21(29)34-25(2,3)4)23(31)28-15-11-14-20(28)22(30)27-26/h10,13,18-20H,5-9,11-12,14-17H2,1-4H3,(H,27,30)/b13-10-/t18-,19+,20+,26+/m1/s1. The van der Waals surface area contributed by atoms with Gasteiger partial charge in [-0.1, -0.05) is 25.0 Å². The zero-order valence-corrected chi connectivity index (χ0v) is 21.1. The number of esters is 2. The van der Waals surface area contributed by atoms with Crippen LogP contribution in [-0.2, 0) is 28.7 Å². The lowest BCUT2D eigenvalue weighted by Crippen LogP contribution is -2.54. The molecule has 1 aliphatic carbocycles. The van der Waals surface area contributed by atoms with Gasteiger partial charge in [-0.2, -0.15) is 0 Å². The van der Waals surface area contributed by atoms with Gasteiger partial charge < -0.3 is 19.7 Å². The van der Waals surface area contributed by atoms with Gasteiger partial charge in [-0.3, -0.25) is 14.4 Å². The van der Waals surface area contributed by atoms with Gasteiger partial charge in [-0.25, -0.2) is 4.79 Å². The van der Waals surface area contributed by atoms with Gasteiger partial charge in [-0.15, -0.1) is 0 Å². The van der Waals surface area contributed by atoms with Crippen LogP contribution >= 0.6 is 0 Å². The summed E-state index contributed by atoms with van der Waals surface area (Å²) in [5.74, 6) is -1.91. The van der Waals surface area contributed by atoms with Crippen LogP contribution in [0.5, 0.6) is 0 Å². The first-order valence-electron chi connectivity index (χ1n) is 12.8. The normalized spacial score (nSPS) is 31.3. The number of hydrogen-bond acceptors (Lipinski definition) is 6. The molecule has 1 saturated heterocycles. The van der Waals surface area contributed by atoms with Crippen molar-refractivity contribution in [3.8, 4) is 0 Å². The molecule has 0 bridgehead atoms. The molecule has 190 valence electrons. The highest BCUT2D eigenvalue weighted by atomic mass is 16.6. The van der Waals surface area contributed by atoms with Crippen LogP contribution in [0.2, 0.25) is 0 Å². The molecule has 3 aliphatic rings. The van der Waals surface area contributed by atoms with E-state index in [1.54, 1.807) is 11.8 Å². The summed E-state index contributed by atoms with van der Waals surface area (Å²) >= 11 is 0. The molecule has 3 rings (SSSR count). The largest absolute Gasteiger partial charge is 0.464 e. The lowest BCUT2D eigenvalue weighted by atomic mass is 9.95. The predicted octanol–water partition coefficient (Wildman–Crippen LogP) is 3.28. The highest BCUT2D eigenvalue weighted by molar-refractivity contribution is 5.96. The molecule has 8 heteroatoms. The van der Waals surface area contributed by atoms with Crippen molar-refractivity contribution in [2.45, 2.75) is 103 Å². The fourth-order valence-electron chi connectivity index (χ4n) is 5.04. The highest BCUT2D eigenvalue weighted by Gasteiger charge is 2.62. The fraction of sp³-hybridized carbons (Fsp3) is 0.769. The van der Waals surface area contributed by atoms with E-state index in [9.17, 15) is 19.2 Å². The van der Waals surface area contributed by atoms with Crippen LogP contribution in [0.15, 0.2) is 12.2 Å². The Kier molecular flexibility index (Phi) is 8.42. The number of allylic oxidation sites excluding steroid dienone is 1. The molecule has 2 fully saturated rings. The molecule has 1 saturated carbocycles. The SMILES string of the molecule is CCOC(=O)[C@]12C[C@@H]1/C=C\CCCCC[C@H](CC(=O)OC(C)(C)C)C(=O)N1CCC[C@H]1C(=O)N2. The number of hydrogen-bond donors (Lipinski definition) is 1. The Labute approximate surface area is 202 Å². The summed E-state index contributed by atoms with van der Waals surface area (Å²) in [6, 6.07) is -0.643.